The van der Waals surface area contributed by atoms with Gasteiger partial charge in [-0.15, -0.1) is 5.10 Å². The zero-order chi connectivity index (χ0) is 9.14. The topological polar surface area (TPSA) is 107 Å². The highest BCUT2D eigenvalue weighted by Gasteiger charge is 2.18. The molecule has 0 saturated carbocycles. The number of rotatable bonds is 3. The number of aliphatic hydroxyl groups is 1. The quantitative estimate of drug-likeness (QED) is 0.553. The van der Waals surface area contributed by atoms with Gasteiger partial charge in [0.1, 0.15) is 0 Å². The maximum Gasteiger partial charge on any atom is 0.269 e. The van der Waals surface area contributed by atoms with Gasteiger partial charge in [0.25, 0.3) is 5.91 Å². The molecule has 1 aromatic heterocycles. The molecule has 1 unspecified atom stereocenters. The smallest absolute Gasteiger partial charge is 0.269 e. The molecule has 7 nitrogen and oxygen atoms in total. The number of nitrogens with zero attached hydrogens (tertiary/aromatic N) is 4. The first-order chi connectivity index (χ1) is 5.66. The van der Waals surface area contributed by atoms with Gasteiger partial charge in [-0.25, -0.2) is 0 Å². The van der Waals surface area contributed by atoms with Crippen LogP contribution in [0.15, 0.2) is 5.16 Å². The maximum absolute atomic E-state index is 10.5. The maximum atomic E-state index is 10.5. The van der Waals surface area contributed by atoms with Gasteiger partial charge >= 0.3 is 0 Å². The third kappa shape index (κ3) is 1.53. The highest BCUT2D eigenvalue weighted by atomic mass is 32.2. The van der Waals surface area contributed by atoms with Gasteiger partial charge in [0.05, 0.1) is 0 Å². The number of carbonyl (C=O) groups excluding carboxylic acids is 1. The van der Waals surface area contributed by atoms with E-state index in [9.17, 15) is 4.79 Å². The molecule has 12 heavy (non-hydrogen) atoms. The van der Waals surface area contributed by atoms with Gasteiger partial charge in [0, 0.05) is 0 Å². The summed E-state index contributed by atoms with van der Waals surface area (Å²) >= 11 is 1.21. The predicted octanol–water partition coefficient (Wildman–Crippen LogP) is -1.63. The van der Waals surface area contributed by atoms with Crippen LogP contribution in [0.2, 0.25) is 0 Å². The van der Waals surface area contributed by atoms with Crippen molar-refractivity contribution in [3.05, 3.63) is 0 Å². The molecule has 1 aromatic rings. The van der Waals surface area contributed by atoms with E-state index in [4.69, 9.17) is 10.8 Å². The first-order valence-electron chi connectivity index (χ1n) is 2.96. The Labute approximate surface area is 71.9 Å². The molecule has 0 bridgehead atoms. The molecule has 0 aliphatic carbocycles. The normalized spacial score (nSPS) is 12.8. The fraction of sp³-hybridized carbons (Fsp3) is 0.500. The van der Waals surface area contributed by atoms with Crippen LogP contribution in [-0.2, 0) is 4.79 Å². The summed E-state index contributed by atoms with van der Waals surface area (Å²) in [6.07, 6.45) is 0.220. The Morgan fingerprint density at radius 1 is 1.83 bits per heavy atom. The number of aromatic nitrogens is 4. The van der Waals surface area contributed by atoms with Crippen LogP contribution in [0.25, 0.3) is 0 Å². The fourth-order valence-electron chi connectivity index (χ4n) is 0.594. The van der Waals surface area contributed by atoms with E-state index in [1.54, 1.807) is 6.26 Å². The first kappa shape index (κ1) is 8.94. The third-order valence-electron chi connectivity index (χ3n) is 1.13. The Hall–Kier alpha value is -1.15. The van der Waals surface area contributed by atoms with Crippen LogP contribution in [0.4, 0.5) is 0 Å². The number of tetrazole rings is 1. The lowest BCUT2D eigenvalue weighted by Gasteiger charge is -2.05. The molecule has 1 amide bonds. The van der Waals surface area contributed by atoms with Crippen molar-refractivity contribution in [3.63, 3.8) is 0 Å². The van der Waals surface area contributed by atoms with Gasteiger partial charge in [-0.2, -0.15) is 4.68 Å². The number of primary amides is 1. The lowest BCUT2D eigenvalue weighted by molar-refractivity contribution is -0.131. The van der Waals surface area contributed by atoms with Gasteiger partial charge < -0.3 is 10.8 Å². The van der Waals surface area contributed by atoms with E-state index in [0.717, 1.165) is 4.68 Å². The van der Waals surface area contributed by atoms with Crippen LogP contribution in [0.1, 0.15) is 6.23 Å². The SMILES string of the molecule is CSc1nnnn1C(O)C(N)=O. The van der Waals surface area contributed by atoms with Gasteiger partial charge in [-0.3, -0.25) is 4.79 Å². The minimum absolute atomic E-state index is 0.335. The second-order valence-corrected chi connectivity index (χ2v) is 2.66. The first-order valence-corrected chi connectivity index (χ1v) is 4.18. The van der Waals surface area contributed by atoms with E-state index in [0.29, 0.717) is 5.16 Å². The second-order valence-electron chi connectivity index (χ2n) is 1.89. The summed E-state index contributed by atoms with van der Waals surface area (Å²) < 4.78 is 0.951. The molecule has 0 spiro atoms. The van der Waals surface area contributed by atoms with Crippen molar-refractivity contribution in [2.75, 3.05) is 6.26 Å². The average molecular weight is 189 g/mol. The van der Waals surface area contributed by atoms with Crippen molar-refractivity contribution in [1.82, 2.24) is 20.2 Å². The van der Waals surface area contributed by atoms with Gasteiger partial charge in [-0.05, 0) is 16.7 Å². The molecular formula is C4H7N5O2S. The number of aliphatic hydroxyl groups excluding tert-OH is 1. The molecule has 0 saturated heterocycles. The monoisotopic (exact) mass is 189 g/mol. The predicted molar refractivity (Wildman–Crippen MR) is 40.0 cm³/mol. The number of nitrogens with two attached hydrogens (primary N) is 1. The highest BCUT2D eigenvalue weighted by molar-refractivity contribution is 7.98. The largest absolute Gasteiger partial charge is 0.366 e. The van der Waals surface area contributed by atoms with E-state index in [1.807, 2.05) is 0 Å². The van der Waals surface area contributed by atoms with Gasteiger partial charge in [-0.1, -0.05) is 11.8 Å². The van der Waals surface area contributed by atoms with E-state index >= 15 is 0 Å². The molecule has 8 heteroatoms. The van der Waals surface area contributed by atoms with Crippen molar-refractivity contribution in [2.24, 2.45) is 5.73 Å². The van der Waals surface area contributed by atoms with Gasteiger partial charge in [0.15, 0.2) is 0 Å². The Bertz CT molecular complexity index is 287. The van der Waals surface area contributed by atoms with Crippen LogP contribution < -0.4 is 5.73 Å². The van der Waals surface area contributed by atoms with E-state index in [-0.39, 0.29) is 0 Å². The van der Waals surface area contributed by atoms with Crippen LogP contribution in [0.3, 0.4) is 0 Å². The Morgan fingerprint density at radius 3 is 3.00 bits per heavy atom. The fourth-order valence-corrected chi connectivity index (χ4v) is 1.04. The summed E-state index contributed by atoms with van der Waals surface area (Å²) in [6, 6.07) is 0. The lowest BCUT2D eigenvalue weighted by atomic mass is 10.5. The number of thioether (sulfide) groups is 1. The summed E-state index contributed by atoms with van der Waals surface area (Å²) in [4.78, 5) is 10.5. The molecule has 1 atom stereocenters. The molecule has 1 rings (SSSR count). The molecule has 66 valence electrons. The van der Waals surface area contributed by atoms with Crippen molar-refractivity contribution in [3.8, 4) is 0 Å². The molecule has 3 N–H and O–H groups in total. The highest BCUT2D eigenvalue weighted by Crippen LogP contribution is 2.12. The number of carbonyl (C=O) groups is 1. The Morgan fingerprint density at radius 2 is 2.50 bits per heavy atom. The van der Waals surface area contributed by atoms with E-state index < -0.39 is 12.1 Å². The summed E-state index contributed by atoms with van der Waals surface area (Å²) in [6.45, 7) is 0. The molecule has 0 aliphatic heterocycles. The van der Waals surface area contributed by atoms with Crippen molar-refractivity contribution < 1.29 is 9.90 Å². The summed E-state index contributed by atoms with van der Waals surface area (Å²) in [5, 5.41) is 19.7. The number of hydrogen-bond donors (Lipinski definition) is 2. The van der Waals surface area contributed by atoms with Crippen LogP contribution in [-0.4, -0.2) is 37.5 Å². The summed E-state index contributed by atoms with van der Waals surface area (Å²) in [5.41, 5.74) is 4.84. The third-order valence-corrected chi connectivity index (χ3v) is 1.77. The number of amides is 1. The molecular weight excluding hydrogens is 182 g/mol. The zero-order valence-corrected chi connectivity index (χ0v) is 7.02. The van der Waals surface area contributed by atoms with Crippen molar-refractivity contribution in [1.29, 1.82) is 0 Å². The molecule has 0 aliphatic rings. The van der Waals surface area contributed by atoms with Crippen molar-refractivity contribution >= 4 is 17.7 Å². The summed E-state index contributed by atoms with van der Waals surface area (Å²) in [7, 11) is 0. The van der Waals surface area contributed by atoms with Crippen LogP contribution in [0, 0.1) is 0 Å². The summed E-state index contributed by atoms with van der Waals surface area (Å²) in [5.74, 6) is -0.891. The lowest BCUT2D eigenvalue weighted by Crippen LogP contribution is -2.27. The minimum Gasteiger partial charge on any atom is -0.366 e. The minimum atomic E-state index is -1.50. The van der Waals surface area contributed by atoms with Crippen LogP contribution >= 0.6 is 11.8 Å². The average Bonchev–Trinajstić information content (AvgIpc) is 2.49. The van der Waals surface area contributed by atoms with E-state index in [2.05, 4.69) is 15.5 Å². The van der Waals surface area contributed by atoms with Crippen molar-refractivity contribution in [2.45, 2.75) is 11.4 Å². The molecule has 0 fully saturated rings. The molecule has 1 heterocycles. The zero-order valence-electron chi connectivity index (χ0n) is 6.21. The number of hydrogen-bond acceptors (Lipinski definition) is 6. The Kier molecular flexibility index (Phi) is 2.61. The van der Waals surface area contributed by atoms with E-state index in [1.165, 1.54) is 11.8 Å². The Balaban J connectivity index is 2.93. The molecule has 0 radical (unpaired) electrons. The standard InChI is InChI=1S/C4H7N5O2S/c1-12-4-6-7-8-9(4)3(11)2(5)10/h3,11H,1H3,(H2,5,10). The van der Waals surface area contributed by atoms with Crippen LogP contribution in [0.5, 0.6) is 0 Å². The second kappa shape index (κ2) is 3.50. The molecule has 0 aromatic carbocycles. The van der Waals surface area contributed by atoms with Gasteiger partial charge in [0.2, 0.25) is 11.4 Å².